The van der Waals surface area contributed by atoms with E-state index in [0.29, 0.717) is 17.3 Å². The van der Waals surface area contributed by atoms with Gasteiger partial charge >= 0.3 is 0 Å². The third kappa shape index (κ3) is 2.96. The highest BCUT2D eigenvalue weighted by Gasteiger charge is 2.05. The van der Waals surface area contributed by atoms with Crippen molar-refractivity contribution >= 4 is 17.4 Å². The van der Waals surface area contributed by atoms with Crippen molar-refractivity contribution in [2.24, 2.45) is 0 Å². The lowest BCUT2D eigenvalue weighted by Crippen LogP contribution is -2.17. The maximum Gasteiger partial charge on any atom is 0.134 e. The van der Waals surface area contributed by atoms with E-state index in [-0.39, 0.29) is 0 Å². The molecule has 1 aromatic heterocycles. The second-order valence-corrected chi connectivity index (χ2v) is 4.25. The Labute approximate surface area is 110 Å². The molecule has 90 valence electrons. The summed E-state index contributed by atoms with van der Waals surface area (Å²) >= 11 is 5.82. The van der Waals surface area contributed by atoms with Crippen LogP contribution in [0.2, 0.25) is 5.15 Å². The highest BCUT2D eigenvalue weighted by molar-refractivity contribution is 6.29. The van der Waals surface area contributed by atoms with Gasteiger partial charge in [0.15, 0.2) is 0 Å². The Balaban J connectivity index is 2.16. The van der Waals surface area contributed by atoms with Crippen molar-refractivity contribution in [1.29, 1.82) is 5.26 Å². The number of benzene rings is 1. The van der Waals surface area contributed by atoms with Crippen molar-refractivity contribution in [1.82, 2.24) is 9.97 Å². The van der Waals surface area contributed by atoms with Crippen molar-refractivity contribution in [2.75, 3.05) is 11.9 Å². The van der Waals surface area contributed by atoms with Crippen LogP contribution in [0.3, 0.4) is 0 Å². The minimum absolute atomic E-state index is 0.414. The van der Waals surface area contributed by atoms with Crippen molar-refractivity contribution in [2.45, 2.75) is 6.54 Å². The lowest BCUT2D eigenvalue weighted by Gasteiger charge is -2.18. The SMILES string of the molecule is CN(Cc1cccc(C#N)c1)c1cc(Cl)ncn1. The van der Waals surface area contributed by atoms with Gasteiger partial charge in [-0.25, -0.2) is 9.97 Å². The van der Waals surface area contributed by atoms with Crippen molar-refractivity contribution < 1.29 is 0 Å². The summed E-state index contributed by atoms with van der Waals surface area (Å²) in [5, 5.41) is 9.26. The van der Waals surface area contributed by atoms with Gasteiger partial charge in [-0.2, -0.15) is 5.26 Å². The highest BCUT2D eigenvalue weighted by Crippen LogP contribution is 2.15. The van der Waals surface area contributed by atoms with Crippen LogP contribution >= 0.6 is 11.6 Å². The van der Waals surface area contributed by atoms with E-state index in [0.717, 1.165) is 11.4 Å². The molecule has 0 aliphatic heterocycles. The molecule has 0 amide bonds. The smallest absolute Gasteiger partial charge is 0.134 e. The molecule has 0 aliphatic rings. The van der Waals surface area contributed by atoms with Crippen molar-refractivity contribution in [3.8, 4) is 6.07 Å². The fraction of sp³-hybridized carbons (Fsp3) is 0.154. The highest BCUT2D eigenvalue weighted by atomic mass is 35.5. The quantitative estimate of drug-likeness (QED) is 0.794. The van der Waals surface area contributed by atoms with Gasteiger partial charge in [0.25, 0.3) is 0 Å². The van der Waals surface area contributed by atoms with Gasteiger partial charge < -0.3 is 4.90 Å². The summed E-state index contributed by atoms with van der Waals surface area (Å²) < 4.78 is 0. The Kier molecular flexibility index (Phi) is 3.75. The van der Waals surface area contributed by atoms with Gasteiger partial charge in [-0.1, -0.05) is 23.7 Å². The standard InChI is InChI=1S/C13H11ClN4/c1-18(13-6-12(14)16-9-17-13)8-11-4-2-3-10(5-11)7-15/h2-6,9H,8H2,1H3. The molecule has 0 bridgehead atoms. The second kappa shape index (κ2) is 5.48. The van der Waals surface area contributed by atoms with Crippen LogP contribution in [0.1, 0.15) is 11.1 Å². The average Bonchev–Trinajstić information content (AvgIpc) is 2.39. The third-order valence-corrected chi connectivity index (χ3v) is 2.69. The normalized spacial score (nSPS) is 9.83. The molecular weight excluding hydrogens is 248 g/mol. The number of hydrogen-bond acceptors (Lipinski definition) is 4. The molecule has 0 saturated carbocycles. The average molecular weight is 259 g/mol. The molecule has 0 radical (unpaired) electrons. The summed E-state index contributed by atoms with van der Waals surface area (Å²) in [6.07, 6.45) is 1.43. The van der Waals surface area contributed by atoms with Gasteiger partial charge in [-0.15, -0.1) is 0 Å². The molecule has 0 saturated heterocycles. The topological polar surface area (TPSA) is 52.8 Å². The first-order chi connectivity index (χ1) is 8.69. The number of nitriles is 1. The number of anilines is 1. The zero-order valence-electron chi connectivity index (χ0n) is 9.84. The Morgan fingerprint density at radius 2 is 2.17 bits per heavy atom. The molecule has 0 unspecified atom stereocenters. The first-order valence-electron chi connectivity index (χ1n) is 5.37. The molecule has 5 heteroatoms. The van der Waals surface area contributed by atoms with E-state index >= 15 is 0 Å². The van der Waals surface area contributed by atoms with E-state index in [4.69, 9.17) is 16.9 Å². The number of hydrogen-bond donors (Lipinski definition) is 0. The number of rotatable bonds is 3. The number of nitrogens with zero attached hydrogens (tertiary/aromatic N) is 4. The van der Waals surface area contributed by atoms with Crippen LogP contribution in [0.4, 0.5) is 5.82 Å². The van der Waals surface area contributed by atoms with Gasteiger partial charge in [-0.3, -0.25) is 0 Å². The predicted molar refractivity (Wildman–Crippen MR) is 70.3 cm³/mol. The molecule has 1 aromatic carbocycles. The van der Waals surface area contributed by atoms with Crippen LogP contribution in [0.5, 0.6) is 0 Å². The first-order valence-corrected chi connectivity index (χ1v) is 5.74. The van der Waals surface area contributed by atoms with E-state index in [9.17, 15) is 0 Å². The Morgan fingerprint density at radius 3 is 2.89 bits per heavy atom. The Hall–Kier alpha value is -2.12. The van der Waals surface area contributed by atoms with Crippen LogP contribution in [0, 0.1) is 11.3 Å². The second-order valence-electron chi connectivity index (χ2n) is 3.87. The molecular formula is C13H11ClN4. The molecule has 2 aromatic rings. The molecule has 18 heavy (non-hydrogen) atoms. The molecule has 0 spiro atoms. The Bertz CT molecular complexity index is 592. The predicted octanol–water partition coefficient (Wildman–Crippen LogP) is 2.64. The van der Waals surface area contributed by atoms with Gasteiger partial charge in [0.1, 0.15) is 17.3 Å². The van der Waals surface area contributed by atoms with Crippen LogP contribution in [0.25, 0.3) is 0 Å². The van der Waals surface area contributed by atoms with Crippen molar-refractivity contribution in [3.05, 3.63) is 52.9 Å². The summed E-state index contributed by atoms with van der Waals surface area (Å²) in [7, 11) is 1.91. The first kappa shape index (κ1) is 12.3. The zero-order chi connectivity index (χ0) is 13.0. The van der Waals surface area contributed by atoms with Crippen LogP contribution < -0.4 is 4.90 Å². The van der Waals surface area contributed by atoms with E-state index in [1.54, 1.807) is 12.1 Å². The van der Waals surface area contributed by atoms with E-state index < -0.39 is 0 Å². The molecule has 1 heterocycles. The van der Waals surface area contributed by atoms with E-state index in [1.165, 1.54) is 6.33 Å². The minimum Gasteiger partial charge on any atom is -0.355 e. The minimum atomic E-state index is 0.414. The zero-order valence-corrected chi connectivity index (χ0v) is 10.6. The van der Waals surface area contributed by atoms with Crippen molar-refractivity contribution in [3.63, 3.8) is 0 Å². The summed E-state index contributed by atoms with van der Waals surface area (Å²) in [6, 6.07) is 11.3. The molecule has 0 N–H and O–H groups in total. The van der Waals surface area contributed by atoms with Gasteiger partial charge in [0, 0.05) is 19.7 Å². The molecule has 0 atom stereocenters. The fourth-order valence-electron chi connectivity index (χ4n) is 1.63. The van der Waals surface area contributed by atoms with E-state index in [1.807, 2.05) is 30.1 Å². The number of aromatic nitrogens is 2. The molecule has 2 rings (SSSR count). The summed E-state index contributed by atoms with van der Waals surface area (Å²) in [6.45, 7) is 0.656. The Morgan fingerprint density at radius 1 is 1.33 bits per heavy atom. The summed E-state index contributed by atoms with van der Waals surface area (Å²) in [5.74, 6) is 0.748. The van der Waals surface area contributed by atoms with Crippen LogP contribution in [-0.2, 0) is 6.54 Å². The maximum absolute atomic E-state index is 8.85. The fourth-order valence-corrected chi connectivity index (χ4v) is 1.77. The summed E-state index contributed by atoms with van der Waals surface area (Å²) in [5.41, 5.74) is 1.70. The lowest BCUT2D eigenvalue weighted by atomic mass is 10.1. The molecule has 0 aliphatic carbocycles. The third-order valence-electron chi connectivity index (χ3n) is 2.49. The van der Waals surface area contributed by atoms with E-state index in [2.05, 4.69) is 16.0 Å². The summed E-state index contributed by atoms with van der Waals surface area (Å²) in [4.78, 5) is 9.93. The molecule has 4 nitrogen and oxygen atoms in total. The van der Waals surface area contributed by atoms with Crippen LogP contribution in [0.15, 0.2) is 36.7 Å². The van der Waals surface area contributed by atoms with Gasteiger partial charge in [-0.05, 0) is 17.7 Å². The van der Waals surface area contributed by atoms with Gasteiger partial charge in [0.2, 0.25) is 0 Å². The van der Waals surface area contributed by atoms with Crippen LogP contribution in [-0.4, -0.2) is 17.0 Å². The van der Waals surface area contributed by atoms with Gasteiger partial charge in [0.05, 0.1) is 11.6 Å². The maximum atomic E-state index is 8.85. The monoisotopic (exact) mass is 258 g/mol. The molecule has 0 fully saturated rings. The number of halogens is 1. The largest absolute Gasteiger partial charge is 0.355 e. The lowest BCUT2D eigenvalue weighted by molar-refractivity contribution is 0.890.